The maximum Gasteiger partial charge on any atom is 0.319 e. The number of hydrogen-bond donors (Lipinski definition) is 3. The van der Waals surface area contributed by atoms with E-state index in [0.29, 0.717) is 22.8 Å². The minimum Gasteiger partial charge on any atom is -0.360 e. The van der Waals surface area contributed by atoms with Crippen molar-refractivity contribution in [3.05, 3.63) is 59.0 Å². The van der Waals surface area contributed by atoms with Crippen molar-refractivity contribution in [1.29, 1.82) is 0 Å². The highest BCUT2D eigenvalue weighted by molar-refractivity contribution is 6.06. The quantitative estimate of drug-likeness (QED) is 0.810. The molecule has 1 aliphatic rings. The van der Waals surface area contributed by atoms with Crippen LogP contribution >= 0.6 is 0 Å². The van der Waals surface area contributed by atoms with Crippen molar-refractivity contribution >= 4 is 17.8 Å². The number of aryl methyl sites for hydroxylation is 1. The van der Waals surface area contributed by atoms with Gasteiger partial charge in [-0.15, -0.1) is 0 Å². The van der Waals surface area contributed by atoms with Crippen LogP contribution in [0.5, 0.6) is 0 Å². The van der Waals surface area contributed by atoms with E-state index in [1.165, 1.54) is 0 Å². The predicted octanol–water partition coefficient (Wildman–Crippen LogP) is 2.25. The van der Waals surface area contributed by atoms with Crippen molar-refractivity contribution in [2.24, 2.45) is 0 Å². The maximum atomic E-state index is 12.6. The normalized spacial score (nSPS) is 17.5. The number of carbonyl (C=O) groups excluding carboxylic acids is 2. The molecule has 1 aliphatic heterocycles. The van der Waals surface area contributed by atoms with Gasteiger partial charge in [-0.05, 0) is 19.4 Å². The Labute approximate surface area is 132 Å². The molecule has 0 aliphatic carbocycles. The minimum atomic E-state index is -0.530. The van der Waals surface area contributed by atoms with Gasteiger partial charge < -0.3 is 20.5 Å². The summed E-state index contributed by atoms with van der Waals surface area (Å²) in [6, 6.07) is 10.1. The molecule has 1 aromatic carbocycles. The van der Waals surface area contributed by atoms with Gasteiger partial charge in [0.15, 0.2) is 5.82 Å². The zero-order valence-corrected chi connectivity index (χ0v) is 12.7. The summed E-state index contributed by atoms with van der Waals surface area (Å²) < 4.78 is 4.94. The van der Waals surface area contributed by atoms with Crippen molar-refractivity contribution in [2.75, 3.05) is 5.32 Å². The molecule has 0 saturated heterocycles. The van der Waals surface area contributed by atoms with Gasteiger partial charge in [0.2, 0.25) is 0 Å². The standard InChI is InChI=1S/C16H16N4O3/c1-9-8-12(20-23-9)18-15(21)13-10(2)17-16(22)19-14(13)11-6-4-3-5-7-11/h3-8,14H,1-2H3,(H2,17,19,22)(H,18,20,21). The lowest BCUT2D eigenvalue weighted by molar-refractivity contribution is -0.113. The Morgan fingerprint density at radius 2 is 2.00 bits per heavy atom. The molecule has 1 atom stereocenters. The van der Waals surface area contributed by atoms with E-state index in [1.807, 2.05) is 30.3 Å². The summed E-state index contributed by atoms with van der Waals surface area (Å²) in [4.78, 5) is 24.4. The monoisotopic (exact) mass is 312 g/mol. The number of rotatable bonds is 3. The Balaban J connectivity index is 1.93. The SMILES string of the molecule is CC1=C(C(=O)Nc2cc(C)on2)C(c2ccccc2)NC(=O)N1. The average Bonchev–Trinajstić information content (AvgIpc) is 2.92. The van der Waals surface area contributed by atoms with Gasteiger partial charge in [0.1, 0.15) is 5.76 Å². The summed E-state index contributed by atoms with van der Waals surface area (Å²) in [6.07, 6.45) is 0. The second kappa shape index (κ2) is 5.96. The fourth-order valence-corrected chi connectivity index (χ4v) is 2.50. The van der Waals surface area contributed by atoms with E-state index in [1.54, 1.807) is 19.9 Å². The molecule has 7 heteroatoms. The molecule has 1 aromatic heterocycles. The number of nitrogens with one attached hydrogen (secondary N) is 3. The number of allylic oxidation sites excluding steroid dienone is 1. The molecular formula is C16H16N4O3. The molecule has 23 heavy (non-hydrogen) atoms. The highest BCUT2D eigenvalue weighted by Crippen LogP contribution is 2.27. The van der Waals surface area contributed by atoms with E-state index >= 15 is 0 Å². The smallest absolute Gasteiger partial charge is 0.319 e. The van der Waals surface area contributed by atoms with E-state index in [0.717, 1.165) is 5.56 Å². The highest BCUT2D eigenvalue weighted by Gasteiger charge is 2.31. The number of benzene rings is 1. The van der Waals surface area contributed by atoms with Gasteiger partial charge in [-0.25, -0.2) is 4.79 Å². The Hall–Kier alpha value is -3.09. The molecular weight excluding hydrogens is 296 g/mol. The van der Waals surface area contributed by atoms with Crippen molar-refractivity contribution in [2.45, 2.75) is 19.9 Å². The fraction of sp³-hybridized carbons (Fsp3) is 0.188. The average molecular weight is 312 g/mol. The number of amides is 3. The first-order chi connectivity index (χ1) is 11.0. The molecule has 0 bridgehead atoms. The molecule has 3 rings (SSSR count). The topological polar surface area (TPSA) is 96.3 Å². The van der Waals surface area contributed by atoms with Crippen LogP contribution in [0.25, 0.3) is 0 Å². The van der Waals surface area contributed by atoms with Crippen LogP contribution in [0.2, 0.25) is 0 Å². The van der Waals surface area contributed by atoms with Crippen LogP contribution in [0.4, 0.5) is 10.6 Å². The first-order valence-corrected chi connectivity index (χ1v) is 7.12. The zero-order valence-electron chi connectivity index (χ0n) is 12.7. The second-order valence-electron chi connectivity index (χ2n) is 5.26. The van der Waals surface area contributed by atoms with Gasteiger partial charge in [0, 0.05) is 11.8 Å². The molecule has 0 fully saturated rings. The lowest BCUT2D eigenvalue weighted by Gasteiger charge is -2.28. The van der Waals surface area contributed by atoms with Crippen LogP contribution in [0.1, 0.15) is 24.3 Å². The number of hydrogen-bond acceptors (Lipinski definition) is 4. The summed E-state index contributed by atoms with van der Waals surface area (Å²) >= 11 is 0. The molecule has 7 nitrogen and oxygen atoms in total. The fourth-order valence-electron chi connectivity index (χ4n) is 2.50. The summed E-state index contributed by atoms with van der Waals surface area (Å²) in [5.41, 5.74) is 1.75. The van der Waals surface area contributed by atoms with Crippen molar-refractivity contribution in [3.8, 4) is 0 Å². The first kappa shape index (κ1) is 14.8. The van der Waals surface area contributed by atoms with Crippen LogP contribution in [0, 0.1) is 6.92 Å². The van der Waals surface area contributed by atoms with Gasteiger partial charge in [-0.2, -0.15) is 0 Å². The van der Waals surface area contributed by atoms with Crippen LogP contribution in [-0.2, 0) is 4.79 Å². The lowest BCUT2D eigenvalue weighted by Crippen LogP contribution is -2.45. The molecule has 2 heterocycles. The molecule has 0 saturated carbocycles. The zero-order chi connectivity index (χ0) is 16.4. The third kappa shape index (κ3) is 3.08. The Kier molecular flexibility index (Phi) is 3.84. The third-order valence-corrected chi connectivity index (χ3v) is 3.52. The van der Waals surface area contributed by atoms with E-state index in [-0.39, 0.29) is 11.9 Å². The van der Waals surface area contributed by atoms with Crippen LogP contribution < -0.4 is 16.0 Å². The predicted molar refractivity (Wildman–Crippen MR) is 83.4 cm³/mol. The molecule has 3 N–H and O–H groups in total. The van der Waals surface area contributed by atoms with Crippen LogP contribution in [0.15, 0.2) is 52.2 Å². The largest absolute Gasteiger partial charge is 0.360 e. The molecule has 2 aromatic rings. The molecule has 3 amide bonds. The molecule has 0 spiro atoms. The van der Waals surface area contributed by atoms with Crippen LogP contribution in [-0.4, -0.2) is 17.1 Å². The van der Waals surface area contributed by atoms with E-state index in [4.69, 9.17) is 4.52 Å². The van der Waals surface area contributed by atoms with Gasteiger partial charge >= 0.3 is 6.03 Å². The van der Waals surface area contributed by atoms with E-state index in [2.05, 4.69) is 21.1 Å². The number of aromatic nitrogens is 1. The number of urea groups is 1. The Bertz CT molecular complexity index is 780. The van der Waals surface area contributed by atoms with Crippen LogP contribution in [0.3, 0.4) is 0 Å². The van der Waals surface area contributed by atoms with Crippen molar-refractivity contribution in [1.82, 2.24) is 15.8 Å². The van der Waals surface area contributed by atoms with Gasteiger partial charge in [0.25, 0.3) is 5.91 Å². The van der Waals surface area contributed by atoms with E-state index in [9.17, 15) is 9.59 Å². The molecule has 1 unspecified atom stereocenters. The van der Waals surface area contributed by atoms with Crippen molar-refractivity contribution in [3.63, 3.8) is 0 Å². The second-order valence-corrected chi connectivity index (χ2v) is 5.26. The summed E-state index contributed by atoms with van der Waals surface area (Å²) in [6.45, 7) is 3.43. The Morgan fingerprint density at radius 3 is 2.65 bits per heavy atom. The lowest BCUT2D eigenvalue weighted by atomic mass is 9.95. The number of anilines is 1. The molecule has 118 valence electrons. The highest BCUT2D eigenvalue weighted by atomic mass is 16.5. The maximum absolute atomic E-state index is 12.6. The van der Waals surface area contributed by atoms with E-state index < -0.39 is 6.04 Å². The minimum absolute atomic E-state index is 0.330. The number of nitrogens with zero attached hydrogens (tertiary/aromatic N) is 1. The Morgan fingerprint density at radius 1 is 1.26 bits per heavy atom. The molecule has 0 radical (unpaired) electrons. The summed E-state index contributed by atoms with van der Waals surface area (Å²) in [7, 11) is 0. The summed E-state index contributed by atoms with van der Waals surface area (Å²) in [5.74, 6) is 0.578. The first-order valence-electron chi connectivity index (χ1n) is 7.12. The van der Waals surface area contributed by atoms with Crippen molar-refractivity contribution < 1.29 is 14.1 Å². The third-order valence-electron chi connectivity index (χ3n) is 3.52. The summed E-state index contributed by atoms with van der Waals surface area (Å²) in [5, 5.41) is 11.8. The van der Waals surface area contributed by atoms with Gasteiger partial charge in [0.05, 0.1) is 11.6 Å². The number of carbonyl (C=O) groups is 2. The van der Waals surface area contributed by atoms with Gasteiger partial charge in [-0.3, -0.25) is 4.79 Å². The van der Waals surface area contributed by atoms with Gasteiger partial charge in [-0.1, -0.05) is 35.5 Å².